The number of aromatic nitrogens is 1. The van der Waals surface area contributed by atoms with Crippen molar-refractivity contribution < 1.29 is 4.74 Å². The molecule has 0 fully saturated rings. The van der Waals surface area contributed by atoms with Gasteiger partial charge in [0.25, 0.3) is 0 Å². The Balaban J connectivity index is 2.96. The number of anilines is 1. The van der Waals surface area contributed by atoms with Crippen LogP contribution in [-0.2, 0) is 10.3 Å². The second kappa shape index (κ2) is 3.87. The fourth-order valence-electron chi connectivity index (χ4n) is 1.62. The van der Waals surface area contributed by atoms with E-state index in [1.165, 1.54) is 11.3 Å². The molecule has 0 saturated heterocycles. The molecule has 1 heterocycles. The highest BCUT2D eigenvalue weighted by Crippen LogP contribution is 2.32. The lowest BCUT2D eigenvalue weighted by atomic mass is 10.0. The Bertz CT molecular complexity index is 318. The third-order valence-electron chi connectivity index (χ3n) is 1.91. The monoisotopic (exact) mass is 214 g/mol. The minimum absolute atomic E-state index is 0.187. The minimum atomic E-state index is -0.355. The van der Waals surface area contributed by atoms with Crippen molar-refractivity contribution in [2.75, 3.05) is 5.73 Å². The number of nitrogen functional groups attached to an aromatic ring is 1. The molecule has 0 amide bonds. The molecule has 3 nitrogen and oxygen atoms in total. The zero-order valence-electron chi connectivity index (χ0n) is 9.42. The van der Waals surface area contributed by atoms with Crippen LogP contribution in [0.3, 0.4) is 0 Å². The Hall–Kier alpha value is -0.610. The highest BCUT2D eigenvalue weighted by atomic mass is 32.1. The minimum Gasteiger partial charge on any atom is -0.375 e. The summed E-state index contributed by atoms with van der Waals surface area (Å²) in [6.45, 7) is 10.1. The lowest BCUT2D eigenvalue weighted by Gasteiger charge is -2.26. The molecule has 1 aromatic rings. The van der Waals surface area contributed by atoms with Gasteiger partial charge < -0.3 is 10.5 Å². The van der Waals surface area contributed by atoms with Gasteiger partial charge in [-0.15, -0.1) is 11.3 Å². The van der Waals surface area contributed by atoms with Crippen molar-refractivity contribution in [3.05, 3.63) is 10.6 Å². The summed E-state index contributed by atoms with van der Waals surface area (Å²) in [4.78, 5) is 5.44. The molecule has 0 atom stereocenters. The second-order valence-corrected chi connectivity index (χ2v) is 5.37. The van der Waals surface area contributed by atoms with Crippen LogP contribution < -0.4 is 5.73 Å². The normalized spacial score (nSPS) is 12.4. The van der Waals surface area contributed by atoms with Crippen LogP contribution in [0.1, 0.15) is 38.3 Å². The smallest absolute Gasteiger partial charge is 0.180 e. The van der Waals surface area contributed by atoms with Crippen molar-refractivity contribution in [3.63, 3.8) is 0 Å². The van der Waals surface area contributed by atoms with Gasteiger partial charge in [-0.05, 0) is 34.6 Å². The number of thiazole rings is 1. The first-order chi connectivity index (χ1) is 6.33. The number of ether oxygens (including phenoxy) is 1. The van der Waals surface area contributed by atoms with Crippen molar-refractivity contribution in [2.45, 2.75) is 46.3 Å². The van der Waals surface area contributed by atoms with Crippen LogP contribution in [0.5, 0.6) is 0 Å². The number of hydrogen-bond donors (Lipinski definition) is 1. The Morgan fingerprint density at radius 3 is 2.36 bits per heavy atom. The van der Waals surface area contributed by atoms with Gasteiger partial charge in [0.1, 0.15) is 5.60 Å². The lowest BCUT2D eigenvalue weighted by Crippen LogP contribution is -2.26. The van der Waals surface area contributed by atoms with E-state index in [1.807, 2.05) is 34.6 Å². The third kappa shape index (κ3) is 2.45. The summed E-state index contributed by atoms with van der Waals surface area (Å²) in [5.74, 6) is 0. The molecule has 0 radical (unpaired) electrons. The number of nitrogens with two attached hydrogens (primary N) is 1. The van der Waals surface area contributed by atoms with E-state index in [-0.39, 0.29) is 11.7 Å². The van der Waals surface area contributed by atoms with E-state index in [4.69, 9.17) is 10.5 Å². The number of nitrogens with zero attached hydrogens (tertiary/aromatic N) is 1. The predicted molar refractivity (Wildman–Crippen MR) is 60.5 cm³/mol. The molecule has 0 unspecified atom stereocenters. The average molecular weight is 214 g/mol. The van der Waals surface area contributed by atoms with Gasteiger partial charge in [-0.2, -0.15) is 0 Å². The van der Waals surface area contributed by atoms with Crippen molar-refractivity contribution in [2.24, 2.45) is 0 Å². The summed E-state index contributed by atoms with van der Waals surface area (Å²) in [6.07, 6.45) is 0.187. The van der Waals surface area contributed by atoms with E-state index >= 15 is 0 Å². The van der Waals surface area contributed by atoms with E-state index in [1.54, 1.807) is 0 Å². The quantitative estimate of drug-likeness (QED) is 0.841. The largest absolute Gasteiger partial charge is 0.375 e. The zero-order chi connectivity index (χ0) is 10.9. The molecule has 0 saturated carbocycles. The van der Waals surface area contributed by atoms with Gasteiger partial charge in [0.2, 0.25) is 0 Å². The molecule has 0 spiro atoms. The third-order valence-corrected chi connectivity index (χ3v) is 2.71. The van der Waals surface area contributed by atoms with Crippen LogP contribution in [0, 0.1) is 6.92 Å². The van der Waals surface area contributed by atoms with Crippen LogP contribution in [0.4, 0.5) is 5.13 Å². The van der Waals surface area contributed by atoms with E-state index in [0.29, 0.717) is 5.13 Å². The van der Waals surface area contributed by atoms with Crippen LogP contribution in [-0.4, -0.2) is 11.1 Å². The van der Waals surface area contributed by atoms with E-state index < -0.39 is 0 Å². The molecule has 0 aliphatic heterocycles. The molecule has 14 heavy (non-hydrogen) atoms. The fourth-order valence-corrected chi connectivity index (χ4v) is 2.46. The molecule has 4 heteroatoms. The van der Waals surface area contributed by atoms with E-state index in [0.717, 1.165) is 10.6 Å². The first kappa shape index (κ1) is 11.5. The molecule has 1 rings (SSSR count). The Labute approximate surface area is 89.3 Å². The van der Waals surface area contributed by atoms with Gasteiger partial charge in [0.05, 0.1) is 11.8 Å². The first-order valence-corrected chi connectivity index (χ1v) is 5.56. The molecule has 0 bridgehead atoms. The highest BCUT2D eigenvalue weighted by Gasteiger charge is 2.27. The Morgan fingerprint density at radius 1 is 1.43 bits per heavy atom. The predicted octanol–water partition coefficient (Wildman–Crippen LogP) is 2.69. The zero-order valence-corrected chi connectivity index (χ0v) is 10.2. The van der Waals surface area contributed by atoms with Crippen LogP contribution in [0.15, 0.2) is 0 Å². The number of rotatable bonds is 3. The average Bonchev–Trinajstić information content (AvgIpc) is 2.27. The molecule has 80 valence electrons. The highest BCUT2D eigenvalue weighted by molar-refractivity contribution is 7.15. The topological polar surface area (TPSA) is 48.1 Å². The molecule has 0 aromatic carbocycles. The summed E-state index contributed by atoms with van der Waals surface area (Å²) in [6, 6.07) is 0. The number of aryl methyl sites for hydroxylation is 1. The summed E-state index contributed by atoms with van der Waals surface area (Å²) < 4.78 is 5.81. The summed E-state index contributed by atoms with van der Waals surface area (Å²) in [5.41, 5.74) is 6.26. The fraction of sp³-hybridized carbons (Fsp3) is 0.700. The van der Waals surface area contributed by atoms with Crippen LogP contribution >= 0.6 is 11.3 Å². The van der Waals surface area contributed by atoms with Crippen molar-refractivity contribution in [3.8, 4) is 0 Å². The first-order valence-electron chi connectivity index (χ1n) is 4.74. The maximum Gasteiger partial charge on any atom is 0.180 e. The molecule has 0 aliphatic rings. The van der Waals surface area contributed by atoms with Gasteiger partial charge in [-0.3, -0.25) is 0 Å². The summed E-state index contributed by atoms with van der Waals surface area (Å²) >= 11 is 1.51. The maximum atomic E-state index is 5.81. The molecular weight excluding hydrogens is 196 g/mol. The van der Waals surface area contributed by atoms with Gasteiger partial charge in [0, 0.05) is 4.88 Å². The van der Waals surface area contributed by atoms with Crippen molar-refractivity contribution in [1.82, 2.24) is 4.98 Å². The van der Waals surface area contributed by atoms with Gasteiger partial charge in [0.15, 0.2) is 5.13 Å². The summed E-state index contributed by atoms with van der Waals surface area (Å²) in [7, 11) is 0. The lowest BCUT2D eigenvalue weighted by molar-refractivity contribution is -0.0626. The van der Waals surface area contributed by atoms with E-state index in [9.17, 15) is 0 Å². The Kier molecular flexibility index (Phi) is 3.17. The second-order valence-electron chi connectivity index (χ2n) is 4.13. The maximum absolute atomic E-state index is 5.81. The van der Waals surface area contributed by atoms with Crippen molar-refractivity contribution in [1.29, 1.82) is 0 Å². The van der Waals surface area contributed by atoms with Crippen molar-refractivity contribution >= 4 is 16.5 Å². The molecule has 2 N–H and O–H groups in total. The summed E-state index contributed by atoms with van der Waals surface area (Å²) in [5, 5.41) is 0.609. The standard InChI is InChI=1S/C10H18N2OS/c1-6(2)13-10(4,5)8-7(3)14-9(11)12-8/h6H,1-5H3,(H2,11,12). The molecule has 1 aromatic heterocycles. The van der Waals surface area contributed by atoms with Crippen LogP contribution in [0.25, 0.3) is 0 Å². The van der Waals surface area contributed by atoms with Crippen LogP contribution in [0.2, 0.25) is 0 Å². The molecule has 0 aliphatic carbocycles. The number of hydrogen-bond acceptors (Lipinski definition) is 4. The van der Waals surface area contributed by atoms with E-state index in [2.05, 4.69) is 4.98 Å². The van der Waals surface area contributed by atoms with Gasteiger partial charge in [-0.1, -0.05) is 0 Å². The SMILES string of the molecule is Cc1sc(N)nc1C(C)(C)OC(C)C. The van der Waals surface area contributed by atoms with Gasteiger partial charge in [-0.25, -0.2) is 4.98 Å². The molecular formula is C10H18N2OS. The van der Waals surface area contributed by atoms with Gasteiger partial charge >= 0.3 is 0 Å². The Morgan fingerprint density at radius 2 is 2.00 bits per heavy atom.